The first-order valence-electron chi connectivity index (χ1n) is 5.16. The lowest BCUT2D eigenvalue weighted by Gasteiger charge is -2.09. The highest BCUT2D eigenvalue weighted by atomic mass is 32.2. The molecule has 0 fully saturated rings. The SMILES string of the molecule is CC(Sc1nccn1-c1ccccc1)C(=O)O. The molecule has 1 heterocycles. The van der Waals surface area contributed by atoms with Crippen molar-refractivity contribution in [2.45, 2.75) is 17.3 Å². The first-order valence-corrected chi connectivity index (χ1v) is 6.04. The summed E-state index contributed by atoms with van der Waals surface area (Å²) in [4.78, 5) is 15.0. The molecule has 0 spiro atoms. The maximum Gasteiger partial charge on any atom is 0.316 e. The number of hydrogen-bond acceptors (Lipinski definition) is 3. The fourth-order valence-corrected chi connectivity index (χ4v) is 2.19. The normalized spacial score (nSPS) is 12.3. The van der Waals surface area contributed by atoms with E-state index in [2.05, 4.69) is 4.98 Å². The summed E-state index contributed by atoms with van der Waals surface area (Å²) in [6.07, 6.45) is 3.50. The molecule has 4 nitrogen and oxygen atoms in total. The molecule has 2 rings (SSSR count). The quantitative estimate of drug-likeness (QED) is 0.844. The third-order valence-electron chi connectivity index (χ3n) is 2.27. The van der Waals surface area contributed by atoms with E-state index < -0.39 is 11.2 Å². The average Bonchev–Trinajstić information content (AvgIpc) is 2.78. The van der Waals surface area contributed by atoms with Gasteiger partial charge in [-0.05, 0) is 19.1 Å². The molecule has 1 N–H and O–H groups in total. The van der Waals surface area contributed by atoms with Crippen molar-refractivity contribution in [2.24, 2.45) is 0 Å². The van der Waals surface area contributed by atoms with Gasteiger partial charge in [0.25, 0.3) is 0 Å². The Hall–Kier alpha value is -1.75. The second-order valence-electron chi connectivity index (χ2n) is 3.51. The molecule has 0 aliphatic rings. The zero-order chi connectivity index (χ0) is 12.3. The molecule has 0 radical (unpaired) electrons. The predicted octanol–water partition coefficient (Wildman–Crippen LogP) is 2.44. The maximum absolute atomic E-state index is 10.8. The van der Waals surface area contributed by atoms with Gasteiger partial charge in [0.2, 0.25) is 0 Å². The van der Waals surface area contributed by atoms with Crippen LogP contribution in [0.15, 0.2) is 47.9 Å². The number of hydrogen-bond donors (Lipinski definition) is 1. The van der Waals surface area contributed by atoms with Crippen molar-refractivity contribution >= 4 is 17.7 Å². The first-order chi connectivity index (χ1) is 8.18. The van der Waals surface area contributed by atoms with Crippen LogP contribution in [0.25, 0.3) is 5.69 Å². The lowest BCUT2D eigenvalue weighted by molar-refractivity contribution is -0.136. The molecule has 0 aliphatic heterocycles. The number of rotatable bonds is 4. The van der Waals surface area contributed by atoms with E-state index >= 15 is 0 Å². The molecule has 2 aromatic rings. The smallest absolute Gasteiger partial charge is 0.316 e. The third kappa shape index (κ3) is 2.68. The average molecular weight is 248 g/mol. The standard InChI is InChI=1S/C12H12N2O2S/c1-9(11(15)16)17-12-13-7-8-14(12)10-5-3-2-4-6-10/h2-9H,1H3,(H,15,16). The van der Waals surface area contributed by atoms with E-state index in [0.29, 0.717) is 5.16 Å². The Morgan fingerprint density at radius 3 is 2.76 bits per heavy atom. The molecule has 88 valence electrons. The zero-order valence-corrected chi connectivity index (χ0v) is 10.1. The summed E-state index contributed by atoms with van der Waals surface area (Å²) in [5, 5.41) is 9.06. The van der Waals surface area contributed by atoms with Crippen molar-refractivity contribution in [3.05, 3.63) is 42.7 Å². The van der Waals surface area contributed by atoms with Crippen LogP contribution in [0.2, 0.25) is 0 Å². The number of carboxylic acid groups (broad SMARTS) is 1. The van der Waals surface area contributed by atoms with Gasteiger partial charge in [0, 0.05) is 18.1 Å². The summed E-state index contributed by atoms with van der Waals surface area (Å²) < 4.78 is 1.88. The minimum Gasteiger partial charge on any atom is -0.480 e. The zero-order valence-electron chi connectivity index (χ0n) is 9.28. The second-order valence-corrected chi connectivity index (χ2v) is 4.82. The van der Waals surface area contributed by atoms with Crippen molar-refractivity contribution in [3.63, 3.8) is 0 Å². The Labute approximate surface area is 103 Å². The van der Waals surface area contributed by atoms with Gasteiger partial charge in [-0.25, -0.2) is 4.98 Å². The molecule has 0 aliphatic carbocycles. The highest BCUT2D eigenvalue weighted by Crippen LogP contribution is 2.24. The van der Waals surface area contributed by atoms with Gasteiger partial charge < -0.3 is 5.11 Å². The van der Waals surface area contributed by atoms with E-state index in [1.165, 1.54) is 11.8 Å². The van der Waals surface area contributed by atoms with Crippen LogP contribution >= 0.6 is 11.8 Å². The molecule has 1 aromatic heterocycles. The van der Waals surface area contributed by atoms with E-state index in [4.69, 9.17) is 5.11 Å². The van der Waals surface area contributed by atoms with E-state index in [0.717, 1.165) is 5.69 Å². The Bertz CT molecular complexity index is 510. The molecular formula is C12H12N2O2S. The number of aromatic nitrogens is 2. The van der Waals surface area contributed by atoms with Crippen LogP contribution < -0.4 is 0 Å². The Kier molecular flexibility index (Phi) is 3.49. The van der Waals surface area contributed by atoms with Crippen LogP contribution in [0.3, 0.4) is 0 Å². The summed E-state index contributed by atoms with van der Waals surface area (Å²) in [5.41, 5.74) is 0.977. The van der Waals surface area contributed by atoms with Gasteiger partial charge in [-0.15, -0.1) is 0 Å². The van der Waals surface area contributed by atoms with Crippen molar-refractivity contribution in [3.8, 4) is 5.69 Å². The monoisotopic (exact) mass is 248 g/mol. The summed E-state index contributed by atoms with van der Waals surface area (Å²) in [6.45, 7) is 1.65. The number of imidazole rings is 1. The van der Waals surface area contributed by atoms with Crippen molar-refractivity contribution < 1.29 is 9.90 Å². The second kappa shape index (κ2) is 5.05. The number of carboxylic acids is 1. The van der Waals surface area contributed by atoms with Gasteiger partial charge in [-0.2, -0.15) is 0 Å². The largest absolute Gasteiger partial charge is 0.480 e. The number of nitrogens with zero attached hydrogens (tertiary/aromatic N) is 2. The lowest BCUT2D eigenvalue weighted by Crippen LogP contribution is -2.12. The van der Waals surface area contributed by atoms with Gasteiger partial charge in [-0.1, -0.05) is 30.0 Å². The van der Waals surface area contributed by atoms with E-state index in [1.54, 1.807) is 13.1 Å². The van der Waals surface area contributed by atoms with Crippen molar-refractivity contribution in [1.29, 1.82) is 0 Å². The summed E-state index contributed by atoms with van der Waals surface area (Å²) in [6, 6.07) is 9.72. The van der Waals surface area contributed by atoms with Gasteiger partial charge >= 0.3 is 5.97 Å². The third-order valence-corrected chi connectivity index (χ3v) is 3.34. The Morgan fingerprint density at radius 2 is 2.12 bits per heavy atom. The number of carbonyl (C=O) groups is 1. The van der Waals surface area contributed by atoms with Gasteiger partial charge in [0.15, 0.2) is 5.16 Å². The molecular weight excluding hydrogens is 236 g/mol. The summed E-state index contributed by atoms with van der Waals surface area (Å²) >= 11 is 1.23. The fraction of sp³-hybridized carbons (Fsp3) is 0.167. The maximum atomic E-state index is 10.8. The van der Waals surface area contributed by atoms with Gasteiger partial charge in [0.1, 0.15) is 5.25 Å². The molecule has 0 saturated carbocycles. The molecule has 17 heavy (non-hydrogen) atoms. The van der Waals surface area contributed by atoms with Gasteiger partial charge in [-0.3, -0.25) is 9.36 Å². The van der Waals surface area contributed by atoms with Crippen LogP contribution in [0, 0.1) is 0 Å². The number of aliphatic carboxylic acids is 1. The van der Waals surface area contributed by atoms with E-state index in [9.17, 15) is 4.79 Å². The number of para-hydroxylation sites is 1. The number of benzene rings is 1. The molecule has 0 bridgehead atoms. The van der Waals surface area contributed by atoms with Gasteiger partial charge in [0.05, 0.1) is 0 Å². The summed E-state index contributed by atoms with van der Waals surface area (Å²) in [5.74, 6) is -0.836. The van der Waals surface area contributed by atoms with Crippen molar-refractivity contribution in [1.82, 2.24) is 9.55 Å². The molecule has 1 unspecified atom stereocenters. The highest BCUT2D eigenvalue weighted by molar-refractivity contribution is 8.00. The molecule has 0 saturated heterocycles. The first kappa shape index (κ1) is 11.7. The minimum atomic E-state index is -0.836. The molecule has 1 aromatic carbocycles. The van der Waals surface area contributed by atoms with E-state index in [1.807, 2.05) is 41.1 Å². The van der Waals surface area contributed by atoms with Crippen LogP contribution in [0.5, 0.6) is 0 Å². The number of thioether (sulfide) groups is 1. The summed E-state index contributed by atoms with van der Waals surface area (Å²) in [7, 11) is 0. The lowest BCUT2D eigenvalue weighted by atomic mass is 10.3. The Balaban J connectivity index is 2.26. The van der Waals surface area contributed by atoms with Crippen LogP contribution in [-0.2, 0) is 4.79 Å². The minimum absolute atomic E-state index is 0.514. The van der Waals surface area contributed by atoms with E-state index in [-0.39, 0.29) is 0 Å². The topological polar surface area (TPSA) is 55.1 Å². The highest BCUT2D eigenvalue weighted by Gasteiger charge is 2.16. The van der Waals surface area contributed by atoms with Crippen molar-refractivity contribution in [2.75, 3.05) is 0 Å². The van der Waals surface area contributed by atoms with Crippen LogP contribution in [0.1, 0.15) is 6.92 Å². The molecule has 5 heteroatoms. The molecule has 0 amide bonds. The van der Waals surface area contributed by atoms with Crippen LogP contribution in [-0.4, -0.2) is 25.9 Å². The molecule has 1 atom stereocenters. The van der Waals surface area contributed by atoms with Crippen LogP contribution in [0.4, 0.5) is 0 Å². The predicted molar refractivity (Wildman–Crippen MR) is 66.5 cm³/mol. The fourth-order valence-electron chi connectivity index (χ4n) is 1.37. The Morgan fingerprint density at radius 1 is 1.41 bits per heavy atom.